The van der Waals surface area contributed by atoms with Crippen molar-refractivity contribution in [2.45, 2.75) is 125 Å². The molecule has 0 aromatic carbocycles. The Morgan fingerprint density at radius 2 is 1.47 bits per heavy atom. The highest BCUT2D eigenvalue weighted by molar-refractivity contribution is 5.61. The van der Waals surface area contributed by atoms with Crippen molar-refractivity contribution in [3.63, 3.8) is 0 Å². The second-order valence-corrected chi connectivity index (χ2v) is 14.3. The van der Waals surface area contributed by atoms with E-state index in [1.54, 1.807) is 20.8 Å². The van der Waals surface area contributed by atoms with Crippen molar-refractivity contribution in [2.24, 2.45) is 40.4 Å². The maximum absolute atomic E-state index is 12.7. The van der Waals surface area contributed by atoms with Crippen LogP contribution in [0.1, 0.15) is 107 Å². The van der Waals surface area contributed by atoms with E-state index in [-0.39, 0.29) is 36.6 Å². The molecule has 9 heteroatoms. The number of hydrogen-bond acceptors (Lipinski definition) is 9. The average molecular weight is 633 g/mol. The Kier molecular flexibility index (Phi) is 11.6. The van der Waals surface area contributed by atoms with Crippen LogP contribution in [0.4, 0.5) is 14.4 Å². The van der Waals surface area contributed by atoms with Gasteiger partial charge in [-0.25, -0.2) is 14.4 Å². The molecule has 1 unspecified atom stereocenters. The standard InChI is InChI=1S/C36H56O9/c1-9-40-32(37)43-25-20-24-13-14-26-28-16-15-27(23(6)12-17-30(22(4)5)44-33(38)41-10-2)35(28,7)19-18-29(26)36(24,8)31(21-25)45-34(39)42-11-3/h13-14,22-23,25,27-31H,9-12,15-21H2,1-8H3/t23-,25-,27-,28+,29+,30?,31+,35-,36+/m1/s1. The molecule has 4 aliphatic carbocycles. The van der Waals surface area contributed by atoms with Gasteiger partial charge in [-0.3, -0.25) is 0 Å². The maximum Gasteiger partial charge on any atom is 0.508 e. The van der Waals surface area contributed by atoms with E-state index < -0.39 is 36.1 Å². The number of ether oxygens (including phenoxy) is 6. The quantitative estimate of drug-likeness (QED) is 0.163. The predicted molar refractivity (Wildman–Crippen MR) is 169 cm³/mol. The minimum atomic E-state index is -0.694. The van der Waals surface area contributed by atoms with Gasteiger partial charge < -0.3 is 28.4 Å². The van der Waals surface area contributed by atoms with Crippen molar-refractivity contribution >= 4 is 18.5 Å². The molecule has 0 amide bonds. The van der Waals surface area contributed by atoms with Crippen LogP contribution in [0, 0.1) is 40.4 Å². The number of hydrogen-bond donors (Lipinski definition) is 0. The predicted octanol–water partition coefficient (Wildman–Crippen LogP) is 8.79. The Hall–Kier alpha value is -2.71. The Labute approximate surface area is 269 Å². The monoisotopic (exact) mass is 632 g/mol. The van der Waals surface area contributed by atoms with Gasteiger partial charge in [0, 0.05) is 18.3 Å². The lowest BCUT2D eigenvalue weighted by molar-refractivity contribution is -0.0863. The van der Waals surface area contributed by atoms with Crippen LogP contribution in [0.3, 0.4) is 0 Å². The van der Waals surface area contributed by atoms with Gasteiger partial charge in [0.25, 0.3) is 0 Å². The summed E-state index contributed by atoms with van der Waals surface area (Å²) in [5, 5.41) is 0. The second-order valence-electron chi connectivity index (χ2n) is 14.3. The maximum atomic E-state index is 12.7. The summed E-state index contributed by atoms with van der Waals surface area (Å²) >= 11 is 0. The molecule has 0 heterocycles. The molecule has 3 saturated carbocycles. The van der Waals surface area contributed by atoms with Gasteiger partial charge in [-0.05, 0) is 94.3 Å². The number of fused-ring (bicyclic) bond motifs is 5. The van der Waals surface area contributed by atoms with E-state index >= 15 is 0 Å². The molecule has 0 N–H and O–H groups in total. The molecule has 4 aliphatic rings. The van der Waals surface area contributed by atoms with Crippen LogP contribution < -0.4 is 0 Å². The fraction of sp³-hybridized carbons (Fsp3) is 0.806. The van der Waals surface area contributed by atoms with Gasteiger partial charge in [0.2, 0.25) is 0 Å². The second kappa shape index (κ2) is 14.8. The molecule has 0 aliphatic heterocycles. The van der Waals surface area contributed by atoms with Gasteiger partial charge >= 0.3 is 18.5 Å². The van der Waals surface area contributed by atoms with Crippen molar-refractivity contribution < 1.29 is 42.8 Å². The smallest absolute Gasteiger partial charge is 0.435 e. The van der Waals surface area contributed by atoms with Crippen LogP contribution in [0.25, 0.3) is 0 Å². The van der Waals surface area contributed by atoms with Crippen molar-refractivity contribution in [3.8, 4) is 0 Å². The van der Waals surface area contributed by atoms with Crippen molar-refractivity contribution in [1.82, 2.24) is 0 Å². The Morgan fingerprint density at radius 3 is 2.11 bits per heavy atom. The van der Waals surface area contributed by atoms with Crippen LogP contribution in [-0.4, -0.2) is 56.6 Å². The van der Waals surface area contributed by atoms with Gasteiger partial charge in [0.05, 0.1) is 19.8 Å². The molecule has 45 heavy (non-hydrogen) atoms. The van der Waals surface area contributed by atoms with Gasteiger partial charge in [0.15, 0.2) is 0 Å². The molecular formula is C36H56O9. The third kappa shape index (κ3) is 7.32. The molecule has 3 fully saturated rings. The topological polar surface area (TPSA) is 107 Å². The molecule has 9 nitrogen and oxygen atoms in total. The lowest BCUT2D eigenvalue weighted by Crippen LogP contribution is -2.54. The Bertz CT molecular complexity index is 1130. The zero-order valence-electron chi connectivity index (χ0n) is 28.7. The fourth-order valence-electron chi connectivity index (χ4n) is 9.23. The summed E-state index contributed by atoms with van der Waals surface area (Å²) in [5.74, 6) is 1.96. The molecule has 0 bridgehead atoms. The Balaban J connectivity index is 1.53. The molecule has 0 radical (unpaired) electrons. The van der Waals surface area contributed by atoms with E-state index in [1.165, 1.54) is 12.0 Å². The number of carbonyl (C=O) groups excluding carboxylic acids is 3. The zero-order valence-corrected chi connectivity index (χ0v) is 28.7. The average Bonchev–Trinajstić information content (AvgIpc) is 3.33. The summed E-state index contributed by atoms with van der Waals surface area (Å²) in [6.07, 6.45) is 8.71. The third-order valence-electron chi connectivity index (χ3n) is 11.5. The summed E-state index contributed by atoms with van der Waals surface area (Å²) in [5.41, 5.74) is 2.38. The molecule has 0 aromatic rings. The highest BCUT2D eigenvalue weighted by atomic mass is 16.7. The van der Waals surface area contributed by atoms with E-state index in [9.17, 15) is 14.4 Å². The van der Waals surface area contributed by atoms with Gasteiger partial charge in [-0.1, -0.05) is 57.9 Å². The number of rotatable bonds is 11. The lowest BCUT2D eigenvalue weighted by atomic mass is 9.49. The van der Waals surface area contributed by atoms with Gasteiger partial charge in [0.1, 0.15) is 18.3 Å². The van der Waals surface area contributed by atoms with Gasteiger partial charge in [-0.15, -0.1) is 0 Å². The largest absolute Gasteiger partial charge is 0.508 e. The summed E-state index contributed by atoms with van der Waals surface area (Å²) < 4.78 is 32.7. The highest BCUT2D eigenvalue weighted by Crippen LogP contribution is 2.66. The molecule has 0 aromatic heterocycles. The first-order valence-corrected chi connectivity index (χ1v) is 17.3. The molecule has 254 valence electrons. The Morgan fingerprint density at radius 1 is 0.822 bits per heavy atom. The molecular weight excluding hydrogens is 576 g/mol. The van der Waals surface area contributed by atoms with Crippen LogP contribution >= 0.6 is 0 Å². The summed E-state index contributed by atoms with van der Waals surface area (Å²) in [6.45, 7) is 17.3. The summed E-state index contributed by atoms with van der Waals surface area (Å²) in [6, 6.07) is 0. The van der Waals surface area contributed by atoms with E-state index in [2.05, 4.69) is 46.8 Å². The first-order chi connectivity index (χ1) is 21.4. The first-order valence-electron chi connectivity index (χ1n) is 17.3. The minimum absolute atomic E-state index is 0.156. The van der Waals surface area contributed by atoms with Crippen LogP contribution in [0.5, 0.6) is 0 Å². The highest BCUT2D eigenvalue weighted by Gasteiger charge is 2.60. The SMILES string of the molecule is CCOC(=O)OC(CC[C@@H](C)[C@H]1CC[C@H]2C3=CC=C4C[C@@H](OC(=O)OCC)C[C@H](OC(=O)OCC)[C@]4(C)[C@H]3CC[C@]12C)C(C)C. The van der Waals surface area contributed by atoms with Gasteiger partial charge in [-0.2, -0.15) is 0 Å². The molecule has 9 atom stereocenters. The van der Waals surface area contributed by atoms with E-state index in [0.717, 1.165) is 37.7 Å². The normalized spacial score (nSPS) is 33.3. The third-order valence-corrected chi connectivity index (χ3v) is 11.5. The summed E-state index contributed by atoms with van der Waals surface area (Å²) in [7, 11) is 0. The summed E-state index contributed by atoms with van der Waals surface area (Å²) in [4.78, 5) is 36.9. The lowest BCUT2D eigenvalue weighted by Gasteiger charge is -2.57. The molecule has 0 saturated heterocycles. The van der Waals surface area contributed by atoms with Crippen LogP contribution in [0.2, 0.25) is 0 Å². The zero-order chi connectivity index (χ0) is 32.9. The van der Waals surface area contributed by atoms with E-state index in [4.69, 9.17) is 28.4 Å². The van der Waals surface area contributed by atoms with E-state index in [0.29, 0.717) is 37.2 Å². The molecule has 0 spiro atoms. The van der Waals surface area contributed by atoms with Crippen molar-refractivity contribution in [2.75, 3.05) is 19.8 Å². The van der Waals surface area contributed by atoms with Crippen molar-refractivity contribution in [1.29, 1.82) is 0 Å². The van der Waals surface area contributed by atoms with Crippen LogP contribution in [-0.2, 0) is 28.4 Å². The van der Waals surface area contributed by atoms with E-state index in [1.807, 2.05) is 0 Å². The van der Waals surface area contributed by atoms with Crippen molar-refractivity contribution in [3.05, 3.63) is 23.3 Å². The molecule has 4 rings (SSSR count). The minimum Gasteiger partial charge on any atom is -0.435 e. The first kappa shape index (κ1) is 35.1. The van der Waals surface area contributed by atoms with Crippen LogP contribution in [0.15, 0.2) is 23.3 Å². The number of allylic oxidation sites excluding steroid dienone is 3. The fourth-order valence-corrected chi connectivity index (χ4v) is 9.23. The number of carbonyl (C=O) groups is 3.